The summed E-state index contributed by atoms with van der Waals surface area (Å²) in [7, 11) is 0. The van der Waals surface area contributed by atoms with Crippen molar-refractivity contribution >= 4 is 11.6 Å². The zero-order valence-electron chi connectivity index (χ0n) is 15.9. The molecule has 3 heterocycles. The van der Waals surface area contributed by atoms with Gasteiger partial charge in [-0.05, 0) is 26.0 Å². The predicted octanol–water partition coefficient (Wildman–Crippen LogP) is 0.747. The molecule has 2 aliphatic rings. The van der Waals surface area contributed by atoms with Gasteiger partial charge in [0.25, 0.3) is 0 Å². The van der Waals surface area contributed by atoms with Gasteiger partial charge in [0.2, 0.25) is 5.91 Å². The third-order valence-corrected chi connectivity index (χ3v) is 5.16. The molecule has 1 unspecified atom stereocenters. The summed E-state index contributed by atoms with van der Waals surface area (Å²) in [5.41, 5.74) is 0.799. The van der Waals surface area contributed by atoms with Crippen molar-refractivity contribution in [1.82, 2.24) is 19.7 Å². The Morgan fingerprint density at radius 2 is 1.88 bits per heavy atom. The fourth-order valence-electron chi connectivity index (χ4n) is 3.58. The van der Waals surface area contributed by atoms with Crippen LogP contribution in [-0.2, 0) is 9.53 Å². The first-order chi connectivity index (χ1) is 12.6. The van der Waals surface area contributed by atoms with Crippen LogP contribution in [0.3, 0.4) is 0 Å². The van der Waals surface area contributed by atoms with Crippen molar-refractivity contribution < 1.29 is 9.53 Å². The quantitative estimate of drug-likeness (QED) is 0.807. The van der Waals surface area contributed by atoms with E-state index < -0.39 is 0 Å². The number of rotatable bonds is 6. The standard InChI is InChI=1S/C19H31N5O2/c1-16(2)24-11-12-26-18(14-24)13-22-7-9-23(10-8-22)15-19(25)21-17-3-5-20-6-4-17/h3-6,16,18H,7-15H2,1-2H3,(H,20,21,25). The molecule has 0 aliphatic carbocycles. The number of carbonyl (C=O) groups is 1. The van der Waals surface area contributed by atoms with Gasteiger partial charge in [0.1, 0.15) is 0 Å². The zero-order valence-corrected chi connectivity index (χ0v) is 15.9. The van der Waals surface area contributed by atoms with E-state index in [9.17, 15) is 4.79 Å². The fraction of sp³-hybridized carbons (Fsp3) is 0.684. The molecule has 1 aromatic rings. The first kappa shape index (κ1) is 19.2. The molecule has 1 aromatic heterocycles. The van der Waals surface area contributed by atoms with Crippen LogP contribution in [0.2, 0.25) is 0 Å². The van der Waals surface area contributed by atoms with Crippen LogP contribution in [0.4, 0.5) is 5.69 Å². The van der Waals surface area contributed by atoms with Crippen LogP contribution in [0.15, 0.2) is 24.5 Å². The number of pyridine rings is 1. The Labute approximate surface area is 156 Å². The van der Waals surface area contributed by atoms with E-state index in [4.69, 9.17) is 4.74 Å². The highest BCUT2D eigenvalue weighted by Crippen LogP contribution is 2.12. The highest BCUT2D eigenvalue weighted by atomic mass is 16.5. The number of morpholine rings is 1. The maximum absolute atomic E-state index is 12.2. The van der Waals surface area contributed by atoms with Crippen molar-refractivity contribution in [2.75, 3.05) is 64.3 Å². The Morgan fingerprint density at radius 3 is 2.58 bits per heavy atom. The van der Waals surface area contributed by atoms with Crippen LogP contribution < -0.4 is 5.32 Å². The van der Waals surface area contributed by atoms with E-state index >= 15 is 0 Å². The monoisotopic (exact) mass is 361 g/mol. The largest absolute Gasteiger partial charge is 0.374 e. The smallest absolute Gasteiger partial charge is 0.238 e. The van der Waals surface area contributed by atoms with E-state index in [1.54, 1.807) is 24.5 Å². The Balaban J connectivity index is 1.37. The van der Waals surface area contributed by atoms with E-state index in [2.05, 4.69) is 38.8 Å². The van der Waals surface area contributed by atoms with Crippen LogP contribution in [0.1, 0.15) is 13.8 Å². The topological polar surface area (TPSA) is 60.9 Å². The second-order valence-electron chi connectivity index (χ2n) is 7.44. The highest BCUT2D eigenvalue weighted by Gasteiger charge is 2.26. The third kappa shape index (κ3) is 5.74. The Kier molecular flexibility index (Phi) is 6.96. The number of amides is 1. The molecule has 7 heteroatoms. The fourth-order valence-corrected chi connectivity index (χ4v) is 3.58. The molecule has 1 amide bonds. The van der Waals surface area contributed by atoms with Crippen LogP contribution in [-0.4, -0.2) is 96.7 Å². The number of piperazine rings is 1. The third-order valence-electron chi connectivity index (χ3n) is 5.16. The van der Waals surface area contributed by atoms with Crippen LogP contribution in [0.5, 0.6) is 0 Å². The second kappa shape index (κ2) is 9.41. The summed E-state index contributed by atoms with van der Waals surface area (Å²) in [5, 5.41) is 2.92. The molecule has 2 saturated heterocycles. The van der Waals surface area contributed by atoms with Gasteiger partial charge in [-0.25, -0.2) is 0 Å². The summed E-state index contributed by atoms with van der Waals surface area (Å²) in [6, 6.07) is 4.19. The van der Waals surface area contributed by atoms with E-state index in [0.29, 0.717) is 18.7 Å². The summed E-state index contributed by atoms with van der Waals surface area (Å²) >= 11 is 0. The minimum absolute atomic E-state index is 0.0350. The minimum Gasteiger partial charge on any atom is -0.374 e. The maximum atomic E-state index is 12.2. The second-order valence-corrected chi connectivity index (χ2v) is 7.44. The number of hydrogen-bond donors (Lipinski definition) is 1. The maximum Gasteiger partial charge on any atom is 0.238 e. The SMILES string of the molecule is CC(C)N1CCOC(CN2CCN(CC(=O)Nc3ccncc3)CC2)C1. The Hall–Kier alpha value is -1.54. The molecule has 3 rings (SSSR count). The summed E-state index contributed by atoms with van der Waals surface area (Å²) in [6.45, 7) is 12.6. The number of anilines is 1. The van der Waals surface area contributed by atoms with Gasteiger partial charge < -0.3 is 10.1 Å². The summed E-state index contributed by atoms with van der Waals surface area (Å²) in [6.07, 6.45) is 3.66. The van der Waals surface area contributed by atoms with Crippen LogP contribution >= 0.6 is 0 Å². The van der Waals surface area contributed by atoms with Crippen molar-refractivity contribution in [1.29, 1.82) is 0 Å². The molecule has 0 bridgehead atoms. The minimum atomic E-state index is 0.0350. The Morgan fingerprint density at radius 1 is 1.19 bits per heavy atom. The number of aromatic nitrogens is 1. The summed E-state index contributed by atoms with van der Waals surface area (Å²) in [5.74, 6) is 0.0350. The molecular weight excluding hydrogens is 330 g/mol. The van der Waals surface area contributed by atoms with Crippen LogP contribution in [0.25, 0.3) is 0 Å². The lowest BCUT2D eigenvalue weighted by molar-refractivity contribution is -0.117. The van der Waals surface area contributed by atoms with E-state index in [-0.39, 0.29) is 5.91 Å². The lowest BCUT2D eigenvalue weighted by Crippen LogP contribution is -2.54. The predicted molar refractivity (Wildman–Crippen MR) is 102 cm³/mol. The molecule has 7 nitrogen and oxygen atoms in total. The molecule has 1 atom stereocenters. The average molecular weight is 361 g/mol. The van der Waals surface area contributed by atoms with Gasteiger partial charge in [0, 0.05) is 69.9 Å². The van der Waals surface area contributed by atoms with Gasteiger partial charge in [-0.1, -0.05) is 0 Å². The van der Waals surface area contributed by atoms with Gasteiger partial charge >= 0.3 is 0 Å². The van der Waals surface area contributed by atoms with Gasteiger partial charge in [-0.15, -0.1) is 0 Å². The summed E-state index contributed by atoms with van der Waals surface area (Å²) < 4.78 is 5.95. The van der Waals surface area contributed by atoms with Gasteiger partial charge in [-0.2, -0.15) is 0 Å². The number of hydrogen-bond acceptors (Lipinski definition) is 6. The molecule has 2 fully saturated rings. The molecule has 0 spiro atoms. The number of nitrogens with one attached hydrogen (secondary N) is 1. The lowest BCUT2D eigenvalue weighted by Gasteiger charge is -2.40. The van der Waals surface area contributed by atoms with Gasteiger partial charge in [-0.3, -0.25) is 24.5 Å². The number of ether oxygens (including phenoxy) is 1. The molecular formula is C19H31N5O2. The van der Waals surface area contributed by atoms with E-state index in [1.165, 1.54) is 0 Å². The molecule has 0 radical (unpaired) electrons. The van der Waals surface area contributed by atoms with Gasteiger partial charge in [0.15, 0.2) is 0 Å². The zero-order chi connectivity index (χ0) is 18.4. The first-order valence-corrected chi connectivity index (χ1v) is 9.60. The first-order valence-electron chi connectivity index (χ1n) is 9.60. The molecule has 26 heavy (non-hydrogen) atoms. The highest BCUT2D eigenvalue weighted by molar-refractivity contribution is 5.92. The van der Waals surface area contributed by atoms with Crippen molar-refractivity contribution in [3.05, 3.63) is 24.5 Å². The molecule has 144 valence electrons. The molecule has 1 N–H and O–H groups in total. The van der Waals surface area contributed by atoms with Crippen molar-refractivity contribution in [3.8, 4) is 0 Å². The summed E-state index contributed by atoms with van der Waals surface area (Å²) in [4.78, 5) is 23.3. The molecule has 0 saturated carbocycles. The molecule has 0 aromatic carbocycles. The number of carbonyl (C=O) groups excluding carboxylic acids is 1. The molecule has 2 aliphatic heterocycles. The van der Waals surface area contributed by atoms with E-state index in [1.807, 2.05) is 0 Å². The van der Waals surface area contributed by atoms with Gasteiger partial charge in [0.05, 0.1) is 19.3 Å². The number of nitrogens with zero attached hydrogens (tertiary/aromatic N) is 4. The Bertz CT molecular complexity index is 560. The normalized spacial score (nSPS) is 23.3. The van der Waals surface area contributed by atoms with Crippen molar-refractivity contribution in [2.45, 2.75) is 26.0 Å². The van der Waals surface area contributed by atoms with Crippen LogP contribution in [0, 0.1) is 0 Å². The average Bonchev–Trinajstić information content (AvgIpc) is 2.64. The van der Waals surface area contributed by atoms with Crippen molar-refractivity contribution in [3.63, 3.8) is 0 Å². The van der Waals surface area contributed by atoms with E-state index in [0.717, 1.165) is 58.1 Å². The van der Waals surface area contributed by atoms with Crippen molar-refractivity contribution in [2.24, 2.45) is 0 Å². The lowest BCUT2D eigenvalue weighted by atomic mass is 10.2.